The third-order valence-corrected chi connectivity index (χ3v) is 4.30. The molecule has 0 spiro atoms. The number of nitrogens with zero attached hydrogens (tertiary/aromatic N) is 1. The van der Waals surface area contributed by atoms with E-state index in [9.17, 15) is 8.78 Å². The molecule has 1 aromatic heterocycles. The SMILES string of the molecule is CCC(Oc1cc(Br)cc(F)c1F)c1nc(CCl)cs1. The van der Waals surface area contributed by atoms with Crippen LogP contribution in [-0.2, 0) is 5.88 Å². The average molecular weight is 383 g/mol. The molecule has 0 saturated heterocycles. The third kappa shape index (κ3) is 3.48. The third-order valence-electron chi connectivity index (χ3n) is 2.58. The fraction of sp³-hybridized carbons (Fsp3) is 0.308. The van der Waals surface area contributed by atoms with Gasteiger partial charge in [-0.05, 0) is 18.6 Å². The summed E-state index contributed by atoms with van der Waals surface area (Å²) in [4.78, 5) is 4.30. The number of benzene rings is 1. The zero-order chi connectivity index (χ0) is 14.7. The summed E-state index contributed by atoms with van der Waals surface area (Å²) in [6.45, 7) is 1.89. The Balaban J connectivity index is 2.26. The summed E-state index contributed by atoms with van der Waals surface area (Å²) in [5.74, 6) is -1.77. The van der Waals surface area contributed by atoms with Gasteiger partial charge in [0.1, 0.15) is 11.1 Å². The quantitative estimate of drug-likeness (QED) is 0.506. The van der Waals surface area contributed by atoms with Crippen LogP contribution < -0.4 is 4.74 Å². The molecule has 0 N–H and O–H groups in total. The zero-order valence-corrected chi connectivity index (χ0v) is 13.7. The van der Waals surface area contributed by atoms with Crippen molar-refractivity contribution in [1.82, 2.24) is 4.98 Å². The monoisotopic (exact) mass is 381 g/mol. The fourth-order valence-electron chi connectivity index (χ4n) is 1.61. The summed E-state index contributed by atoms with van der Waals surface area (Å²) < 4.78 is 33.0. The normalized spacial score (nSPS) is 12.4. The molecule has 2 rings (SSSR count). The summed E-state index contributed by atoms with van der Waals surface area (Å²) in [6, 6.07) is 2.45. The minimum atomic E-state index is -0.999. The highest BCUT2D eigenvalue weighted by Crippen LogP contribution is 2.32. The fourth-order valence-corrected chi connectivity index (χ4v) is 3.18. The first-order valence-electron chi connectivity index (χ1n) is 5.86. The van der Waals surface area contributed by atoms with Crippen LogP contribution in [0.3, 0.4) is 0 Å². The molecule has 0 aliphatic carbocycles. The van der Waals surface area contributed by atoms with Gasteiger partial charge < -0.3 is 4.74 Å². The summed E-state index contributed by atoms with van der Waals surface area (Å²) in [6.07, 6.45) is 0.156. The van der Waals surface area contributed by atoms with Crippen LogP contribution in [0.15, 0.2) is 22.0 Å². The molecule has 2 aromatic rings. The topological polar surface area (TPSA) is 22.1 Å². The minimum Gasteiger partial charge on any atom is -0.480 e. The van der Waals surface area contributed by atoms with Crippen LogP contribution >= 0.6 is 38.9 Å². The van der Waals surface area contributed by atoms with Crippen LogP contribution in [0.2, 0.25) is 0 Å². The zero-order valence-electron chi connectivity index (χ0n) is 10.5. The molecule has 0 amide bonds. The van der Waals surface area contributed by atoms with E-state index in [1.807, 2.05) is 12.3 Å². The molecular weight excluding hydrogens is 372 g/mol. The van der Waals surface area contributed by atoms with Gasteiger partial charge in [0, 0.05) is 9.85 Å². The Kier molecular flexibility index (Phi) is 5.35. The molecule has 0 aliphatic heterocycles. The van der Waals surface area contributed by atoms with Gasteiger partial charge in [0.05, 0.1) is 11.6 Å². The van der Waals surface area contributed by atoms with Crippen LogP contribution in [0, 0.1) is 11.6 Å². The molecule has 0 bridgehead atoms. The number of hydrogen-bond donors (Lipinski definition) is 0. The van der Waals surface area contributed by atoms with Crippen LogP contribution in [0.1, 0.15) is 30.2 Å². The number of alkyl halides is 1. The molecule has 7 heteroatoms. The molecule has 1 heterocycles. The molecule has 2 nitrogen and oxygen atoms in total. The Morgan fingerprint density at radius 1 is 1.45 bits per heavy atom. The van der Waals surface area contributed by atoms with Crippen LogP contribution in [0.4, 0.5) is 8.78 Å². The summed E-state index contributed by atoms with van der Waals surface area (Å²) in [5.41, 5.74) is 0.745. The predicted molar refractivity (Wildman–Crippen MR) is 79.4 cm³/mol. The molecule has 0 saturated carbocycles. The molecule has 20 heavy (non-hydrogen) atoms. The van der Waals surface area contributed by atoms with E-state index in [2.05, 4.69) is 20.9 Å². The van der Waals surface area contributed by atoms with E-state index in [1.54, 1.807) is 0 Å². The molecule has 108 valence electrons. The smallest absolute Gasteiger partial charge is 0.200 e. The van der Waals surface area contributed by atoms with Crippen LogP contribution in [-0.4, -0.2) is 4.98 Å². The molecule has 1 unspecified atom stereocenters. The van der Waals surface area contributed by atoms with E-state index in [0.29, 0.717) is 21.8 Å². The highest BCUT2D eigenvalue weighted by atomic mass is 79.9. The number of aromatic nitrogens is 1. The second kappa shape index (κ2) is 6.83. The molecule has 0 radical (unpaired) electrons. The Hall–Kier alpha value is -0.720. The van der Waals surface area contributed by atoms with Gasteiger partial charge in [0.2, 0.25) is 5.82 Å². The lowest BCUT2D eigenvalue weighted by atomic mass is 10.2. The standard InChI is InChI=1S/C13H11BrClF2NOS/c1-2-10(13-18-8(5-15)6-20-13)19-11-4-7(14)3-9(16)12(11)17/h3-4,6,10H,2,5H2,1H3. The molecule has 1 aromatic carbocycles. The van der Waals surface area contributed by atoms with E-state index in [-0.39, 0.29) is 5.75 Å². The van der Waals surface area contributed by atoms with Gasteiger partial charge in [-0.1, -0.05) is 22.9 Å². The van der Waals surface area contributed by atoms with E-state index in [4.69, 9.17) is 16.3 Å². The number of thiazole rings is 1. The van der Waals surface area contributed by atoms with Crippen molar-refractivity contribution in [1.29, 1.82) is 0 Å². The highest BCUT2D eigenvalue weighted by Gasteiger charge is 2.19. The van der Waals surface area contributed by atoms with Crippen molar-refractivity contribution in [3.63, 3.8) is 0 Å². The van der Waals surface area contributed by atoms with Crippen LogP contribution in [0.25, 0.3) is 0 Å². The van der Waals surface area contributed by atoms with E-state index in [1.165, 1.54) is 17.4 Å². The second-order valence-electron chi connectivity index (χ2n) is 4.03. The largest absolute Gasteiger partial charge is 0.480 e. The lowest BCUT2D eigenvalue weighted by Gasteiger charge is -2.16. The Morgan fingerprint density at radius 3 is 2.80 bits per heavy atom. The van der Waals surface area contributed by atoms with E-state index >= 15 is 0 Å². The predicted octanol–water partition coefficient (Wildman–Crippen LogP) is 5.45. The van der Waals surface area contributed by atoms with Gasteiger partial charge in [0.25, 0.3) is 0 Å². The van der Waals surface area contributed by atoms with E-state index < -0.39 is 17.7 Å². The van der Waals surface area contributed by atoms with Gasteiger partial charge in [0.15, 0.2) is 11.6 Å². The van der Waals surface area contributed by atoms with Gasteiger partial charge in [-0.25, -0.2) is 9.37 Å². The summed E-state index contributed by atoms with van der Waals surface area (Å²) in [5, 5.41) is 2.52. The van der Waals surface area contributed by atoms with Gasteiger partial charge in [-0.15, -0.1) is 22.9 Å². The maximum Gasteiger partial charge on any atom is 0.200 e. The van der Waals surface area contributed by atoms with Gasteiger partial charge in [-0.2, -0.15) is 4.39 Å². The summed E-state index contributed by atoms with van der Waals surface area (Å²) in [7, 11) is 0. The van der Waals surface area contributed by atoms with Crippen molar-refractivity contribution in [2.45, 2.75) is 25.3 Å². The molecule has 0 aliphatic rings. The average Bonchev–Trinajstić information content (AvgIpc) is 2.89. The number of halogens is 4. The van der Waals surface area contributed by atoms with Gasteiger partial charge >= 0.3 is 0 Å². The first kappa shape index (κ1) is 15.7. The van der Waals surface area contributed by atoms with E-state index in [0.717, 1.165) is 11.8 Å². The van der Waals surface area contributed by atoms with Crippen molar-refractivity contribution in [3.05, 3.63) is 44.3 Å². The minimum absolute atomic E-state index is 0.133. The first-order valence-corrected chi connectivity index (χ1v) is 8.07. The van der Waals surface area contributed by atoms with Crippen molar-refractivity contribution in [2.24, 2.45) is 0 Å². The lowest BCUT2D eigenvalue weighted by Crippen LogP contribution is -2.08. The number of hydrogen-bond acceptors (Lipinski definition) is 3. The Morgan fingerprint density at radius 2 is 2.20 bits per heavy atom. The van der Waals surface area contributed by atoms with Crippen molar-refractivity contribution < 1.29 is 13.5 Å². The van der Waals surface area contributed by atoms with Crippen molar-refractivity contribution in [3.8, 4) is 5.75 Å². The Bertz CT molecular complexity index is 608. The number of rotatable bonds is 5. The van der Waals surface area contributed by atoms with Gasteiger partial charge in [-0.3, -0.25) is 0 Å². The number of ether oxygens (including phenoxy) is 1. The summed E-state index contributed by atoms with van der Waals surface area (Å²) >= 11 is 10.2. The Labute approximate surface area is 132 Å². The molecule has 1 atom stereocenters. The van der Waals surface area contributed by atoms with Crippen molar-refractivity contribution >= 4 is 38.9 Å². The molecular formula is C13H11BrClF2NOS. The van der Waals surface area contributed by atoms with Crippen LogP contribution in [0.5, 0.6) is 5.75 Å². The lowest BCUT2D eigenvalue weighted by molar-refractivity contribution is 0.189. The maximum atomic E-state index is 13.7. The first-order chi connectivity index (χ1) is 9.55. The second-order valence-corrected chi connectivity index (χ2v) is 6.10. The van der Waals surface area contributed by atoms with Crippen molar-refractivity contribution in [2.75, 3.05) is 0 Å². The highest BCUT2D eigenvalue weighted by molar-refractivity contribution is 9.10. The maximum absolute atomic E-state index is 13.7. The molecule has 0 fully saturated rings.